The SMILES string of the molecule is Brc1ccc(Br)c(NC2CCCc3sc(Br)cc32)c1. The van der Waals surface area contributed by atoms with Gasteiger partial charge in [-0.05, 0) is 81.0 Å². The average molecular weight is 466 g/mol. The summed E-state index contributed by atoms with van der Waals surface area (Å²) in [6.07, 6.45) is 3.65. The molecule has 1 aromatic heterocycles. The Morgan fingerprint density at radius 1 is 1.16 bits per heavy atom. The highest BCUT2D eigenvalue weighted by atomic mass is 79.9. The third-order valence-corrected chi connectivity index (χ3v) is 6.24. The Hall–Kier alpha value is 0.160. The minimum Gasteiger partial charge on any atom is -0.377 e. The molecule has 1 aliphatic rings. The van der Waals surface area contributed by atoms with E-state index in [2.05, 4.69) is 71.3 Å². The Kier molecular flexibility index (Phi) is 4.37. The highest BCUT2D eigenvalue weighted by Gasteiger charge is 2.23. The van der Waals surface area contributed by atoms with Crippen molar-refractivity contribution in [3.8, 4) is 0 Å². The topological polar surface area (TPSA) is 12.0 Å². The quantitative estimate of drug-likeness (QED) is 0.532. The molecule has 0 aliphatic heterocycles. The van der Waals surface area contributed by atoms with Crippen LogP contribution in [0.3, 0.4) is 0 Å². The van der Waals surface area contributed by atoms with Crippen LogP contribution >= 0.6 is 59.1 Å². The van der Waals surface area contributed by atoms with Crippen molar-refractivity contribution in [3.05, 3.63) is 47.4 Å². The van der Waals surface area contributed by atoms with Gasteiger partial charge in [-0.3, -0.25) is 0 Å². The monoisotopic (exact) mass is 463 g/mol. The minimum absolute atomic E-state index is 0.414. The van der Waals surface area contributed by atoms with E-state index in [9.17, 15) is 0 Å². The number of rotatable bonds is 2. The molecule has 0 fully saturated rings. The van der Waals surface area contributed by atoms with Crippen LogP contribution in [0.2, 0.25) is 0 Å². The van der Waals surface area contributed by atoms with E-state index in [-0.39, 0.29) is 0 Å². The maximum absolute atomic E-state index is 3.67. The second kappa shape index (κ2) is 5.88. The van der Waals surface area contributed by atoms with Crippen LogP contribution in [0.25, 0.3) is 0 Å². The van der Waals surface area contributed by atoms with Gasteiger partial charge in [0.15, 0.2) is 0 Å². The van der Waals surface area contributed by atoms with Crippen LogP contribution < -0.4 is 5.32 Å². The molecule has 1 N–H and O–H groups in total. The second-order valence-corrected chi connectivity index (χ2v) is 8.93. The molecule has 0 saturated carbocycles. The first-order valence-corrected chi connectivity index (χ1v) is 9.33. The third kappa shape index (κ3) is 3.09. The molecular weight excluding hydrogens is 454 g/mol. The van der Waals surface area contributed by atoms with Gasteiger partial charge < -0.3 is 5.32 Å². The van der Waals surface area contributed by atoms with E-state index in [1.165, 1.54) is 33.5 Å². The van der Waals surface area contributed by atoms with Gasteiger partial charge in [0.1, 0.15) is 0 Å². The van der Waals surface area contributed by atoms with Crippen molar-refractivity contribution in [2.45, 2.75) is 25.3 Å². The van der Waals surface area contributed by atoms with Crippen molar-refractivity contribution in [1.29, 1.82) is 0 Å². The summed E-state index contributed by atoms with van der Waals surface area (Å²) in [5.74, 6) is 0. The number of anilines is 1. The van der Waals surface area contributed by atoms with Crippen molar-refractivity contribution >= 4 is 64.8 Å². The maximum atomic E-state index is 3.67. The molecule has 2 aromatic rings. The van der Waals surface area contributed by atoms with E-state index in [4.69, 9.17) is 0 Å². The highest BCUT2D eigenvalue weighted by Crippen LogP contribution is 2.40. The number of fused-ring (bicyclic) bond motifs is 1. The average Bonchev–Trinajstić information content (AvgIpc) is 2.75. The van der Waals surface area contributed by atoms with E-state index in [0.717, 1.165) is 14.6 Å². The number of hydrogen-bond acceptors (Lipinski definition) is 2. The molecule has 0 radical (unpaired) electrons. The summed E-state index contributed by atoms with van der Waals surface area (Å²) in [4.78, 5) is 1.52. The van der Waals surface area contributed by atoms with Gasteiger partial charge in [0.05, 0.1) is 15.5 Å². The summed E-state index contributed by atoms with van der Waals surface area (Å²) in [6, 6.07) is 8.92. The molecule has 100 valence electrons. The fourth-order valence-electron chi connectivity index (χ4n) is 2.47. The van der Waals surface area contributed by atoms with E-state index in [0.29, 0.717) is 6.04 Å². The predicted octanol–water partition coefficient (Wildman–Crippen LogP) is 6.53. The van der Waals surface area contributed by atoms with Crippen molar-refractivity contribution in [2.75, 3.05) is 5.32 Å². The molecule has 1 atom stereocenters. The van der Waals surface area contributed by atoms with Crippen LogP contribution in [0.1, 0.15) is 29.3 Å². The second-order valence-electron chi connectivity index (χ2n) is 4.64. The molecule has 1 unspecified atom stereocenters. The lowest BCUT2D eigenvalue weighted by atomic mass is 9.94. The van der Waals surface area contributed by atoms with Gasteiger partial charge in [-0.25, -0.2) is 0 Å². The predicted molar refractivity (Wildman–Crippen MR) is 93.2 cm³/mol. The highest BCUT2D eigenvalue weighted by molar-refractivity contribution is 9.11. The lowest BCUT2D eigenvalue weighted by Gasteiger charge is -2.25. The van der Waals surface area contributed by atoms with E-state index >= 15 is 0 Å². The fraction of sp³-hybridized carbons (Fsp3) is 0.286. The lowest BCUT2D eigenvalue weighted by molar-refractivity contribution is 0.608. The Balaban J connectivity index is 1.90. The Morgan fingerprint density at radius 2 is 2.00 bits per heavy atom. The normalized spacial score (nSPS) is 18.2. The fourth-order valence-corrected chi connectivity index (χ4v) is 5.01. The first-order chi connectivity index (χ1) is 9.13. The summed E-state index contributed by atoms with van der Waals surface area (Å²) in [5.41, 5.74) is 2.60. The van der Waals surface area contributed by atoms with Gasteiger partial charge in [-0.15, -0.1) is 11.3 Å². The number of nitrogens with one attached hydrogen (secondary N) is 1. The molecule has 0 saturated heterocycles. The van der Waals surface area contributed by atoms with Crippen molar-refractivity contribution < 1.29 is 0 Å². The van der Waals surface area contributed by atoms with Crippen LogP contribution in [0.15, 0.2) is 37.0 Å². The molecule has 19 heavy (non-hydrogen) atoms. The van der Waals surface area contributed by atoms with Gasteiger partial charge in [0, 0.05) is 13.8 Å². The zero-order valence-electron chi connectivity index (χ0n) is 10.1. The van der Waals surface area contributed by atoms with Crippen molar-refractivity contribution in [3.63, 3.8) is 0 Å². The summed E-state index contributed by atoms with van der Waals surface area (Å²) in [5, 5.41) is 3.67. The molecule has 0 bridgehead atoms. The van der Waals surface area contributed by atoms with Crippen LogP contribution in [0, 0.1) is 0 Å². The van der Waals surface area contributed by atoms with Gasteiger partial charge in [-0.2, -0.15) is 0 Å². The summed E-state index contributed by atoms with van der Waals surface area (Å²) in [7, 11) is 0. The summed E-state index contributed by atoms with van der Waals surface area (Å²) in [6.45, 7) is 0. The smallest absolute Gasteiger partial charge is 0.0705 e. The summed E-state index contributed by atoms with van der Waals surface area (Å²) < 4.78 is 3.44. The van der Waals surface area contributed by atoms with Gasteiger partial charge in [0.25, 0.3) is 0 Å². The maximum Gasteiger partial charge on any atom is 0.0705 e. The zero-order chi connectivity index (χ0) is 13.4. The third-order valence-electron chi connectivity index (χ3n) is 3.34. The van der Waals surface area contributed by atoms with Gasteiger partial charge >= 0.3 is 0 Å². The molecule has 1 aromatic carbocycles. The number of halogens is 3. The Labute approximate surface area is 142 Å². The Morgan fingerprint density at radius 3 is 2.84 bits per heavy atom. The number of benzene rings is 1. The van der Waals surface area contributed by atoms with Crippen molar-refractivity contribution in [1.82, 2.24) is 0 Å². The number of thiophene rings is 1. The molecule has 0 amide bonds. The molecule has 1 nitrogen and oxygen atoms in total. The zero-order valence-corrected chi connectivity index (χ0v) is 15.6. The molecule has 3 rings (SSSR count). The summed E-state index contributed by atoms with van der Waals surface area (Å²) >= 11 is 12.6. The van der Waals surface area contributed by atoms with E-state index < -0.39 is 0 Å². The van der Waals surface area contributed by atoms with Crippen molar-refractivity contribution in [2.24, 2.45) is 0 Å². The number of hydrogen-bond donors (Lipinski definition) is 1. The Bertz CT molecular complexity index is 609. The van der Waals surface area contributed by atoms with Gasteiger partial charge in [-0.1, -0.05) is 15.9 Å². The first kappa shape index (κ1) is 14.1. The molecule has 5 heteroatoms. The van der Waals surface area contributed by atoms with Crippen LogP contribution in [0.4, 0.5) is 5.69 Å². The standard InChI is InChI=1S/C14H12Br3NS/c15-8-4-5-10(16)12(6-8)18-11-2-1-3-13-9(11)7-14(17)19-13/h4-7,11,18H,1-3H2. The molecule has 0 spiro atoms. The van der Waals surface area contributed by atoms with Crippen LogP contribution in [0.5, 0.6) is 0 Å². The van der Waals surface area contributed by atoms with E-state index in [1.54, 1.807) is 0 Å². The van der Waals surface area contributed by atoms with Crippen LogP contribution in [-0.4, -0.2) is 0 Å². The molecule has 1 heterocycles. The first-order valence-electron chi connectivity index (χ1n) is 6.13. The van der Waals surface area contributed by atoms with Gasteiger partial charge in [0.2, 0.25) is 0 Å². The minimum atomic E-state index is 0.414. The molecular formula is C14H12Br3NS. The van der Waals surface area contributed by atoms with E-state index in [1.807, 2.05) is 17.4 Å². The molecule has 1 aliphatic carbocycles. The number of aryl methyl sites for hydroxylation is 1. The largest absolute Gasteiger partial charge is 0.377 e. The lowest BCUT2D eigenvalue weighted by Crippen LogP contribution is -2.15. The van der Waals surface area contributed by atoms with Crippen LogP contribution in [-0.2, 0) is 6.42 Å².